The number of rotatable bonds is 67. The number of carbonyl (C=O) groups excluding carboxylic acids is 2. The largest absolute Gasteiger partial charge is 0.379 e. The number of fused-ring (bicyclic) bond motifs is 5. The van der Waals surface area contributed by atoms with Gasteiger partial charge in [-0.15, -0.1) is 0 Å². The lowest BCUT2D eigenvalue weighted by Gasteiger charge is -2.58. The molecule has 0 aromatic heterocycles. The summed E-state index contributed by atoms with van der Waals surface area (Å²) >= 11 is 0. The minimum absolute atomic E-state index is 0.00289. The van der Waals surface area contributed by atoms with Crippen LogP contribution in [0.4, 0.5) is 0 Å². The Morgan fingerprint density at radius 1 is 0.550 bits per heavy atom. The predicted molar refractivity (Wildman–Crippen MR) is 471 cm³/mol. The minimum Gasteiger partial charge on any atom is -0.379 e. The first kappa shape index (κ1) is 98.8. The second-order valence-corrected chi connectivity index (χ2v) is 37.4. The van der Waals surface area contributed by atoms with Gasteiger partial charge in [0.1, 0.15) is 6.04 Å². The highest BCUT2D eigenvalue weighted by Crippen LogP contribution is 2.67. The summed E-state index contributed by atoms with van der Waals surface area (Å²) in [5.41, 5.74) is 3.07. The fourth-order valence-corrected chi connectivity index (χ4v) is 19.6. The van der Waals surface area contributed by atoms with Crippen LogP contribution >= 0.6 is 0 Å². The lowest BCUT2D eigenvalue weighted by Crippen LogP contribution is -2.51. The first-order chi connectivity index (χ1) is 53.0. The summed E-state index contributed by atoms with van der Waals surface area (Å²) in [6.45, 7) is 32.9. The number of likely N-dealkylation sites (N-methyl/N-ethyl adjacent to an activating group) is 1. The molecule has 1 aliphatic heterocycles. The van der Waals surface area contributed by atoms with Gasteiger partial charge in [0.25, 0.3) is 0 Å². The van der Waals surface area contributed by atoms with E-state index in [4.69, 9.17) is 18.9 Å². The third-order valence-electron chi connectivity index (χ3n) is 26.3. The smallest absolute Gasteiger partial charge is 0.243 e. The van der Waals surface area contributed by atoms with Crippen molar-refractivity contribution < 1.29 is 28.5 Å². The maximum atomic E-state index is 12.8. The van der Waals surface area contributed by atoms with E-state index in [0.29, 0.717) is 74.9 Å². The van der Waals surface area contributed by atoms with Crippen molar-refractivity contribution in [3.05, 3.63) is 60.3 Å². The molecule has 1 heterocycles. The first-order valence-corrected chi connectivity index (χ1v) is 47.6. The van der Waals surface area contributed by atoms with Crippen LogP contribution in [-0.2, 0) is 28.5 Å². The van der Waals surface area contributed by atoms with E-state index in [2.05, 4.69) is 139 Å². The lowest BCUT2D eigenvalue weighted by atomic mass is 9.47. The zero-order valence-electron chi connectivity index (χ0n) is 74.3. The summed E-state index contributed by atoms with van der Waals surface area (Å²) in [4.78, 5) is 30.0. The number of likely N-dealkylation sites (tertiary alicyclic amines) is 1. The Bertz CT molecular complexity index is 2360. The number of nitrogens with one attached hydrogen (secondary N) is 2. The highest BCUT2D eigenvalue weighted by Gasteiger charge is 2.59. The van der Waals surface area contributed by atoms with Crippen LogP contribution in [0.3, 0.4) is 0 Å². The maximum absolute atomic E-state index is 12.8. The van der Waals surface area contributed by atoms with E-state index in [0.717, 1.165) is 107 Å². The molecule has 109 heavy (non-hydrogen) atoms. The van der Waals surface area contributed by atoms with Gasteiger partial charge in [0.15, 0.2) is 0 Å². The maximum Gasteiger partial charge on any atom is 0.243 e. The number of hydrogen-bond acceptors (Lipinski definition) is 8. The van der Waals surface area contributed by atoms with Crippen LogP contribution in [0.2, 0.25) is 0 Å². The SMILES string of the molecule is CCCCC/C=C\C/C=C\CCCCCCCCOCC(CN1CCC(C)(C)C1)OCCOCCO[C@H]1CC[C@@]2(C)C(=CC[C@H]3[C@@H]4CC[C@@H]([C@H](C)CCCC(C)C)[C@@]4(C)CC[C@@H]32)C1.CCCCCCCC/C=C\CCCCCCCCNC(=O)C(CN(C)C)NC(=O)CCCCCCC/C=C\CCCCCCCC. The van der Waals surface area contributed by atoms with Gasteiger partial charge in [0.2, 0.25) is 11.8 Å². The zero-order valence-corrected chi connectivity index (χ0v) is 74.3. The normalized spacial score (nSPS) is 22.9. The predicted octanol–water partition coefficient (Wildman–Crippen LogP) is 26.6. The highest BCUT2D eigenvalue weighted by molar-refractivity contribution is 5.87. The summed E-state index contributed by atoms with van der Waals surface area (Å²) in [5.74, 6) is 5.30. The van der Waals surface area contributed by atoms with E-state index in [1.807, 2.05) is 19.0 Å². The molecule has 2 amide bonds. The molecule has 0 aromatic rings. The number of hydrogen-bond donors (Lipinski definition) is 2. The number of allylic oxidation sites excluding steroid dienone is 9. The van der Waals surface area contributed by atoms with Crippen LogP contribution in [0.5, 0.6) is 0 Å². The van der Waals surface area contributed by atoms with Gasteiger partial charge in [-0.3, -0.25) is 9.59 Å². The molecule has 0 aromatic carbocycles. The van der Waals surface area contributed by atoms with Crippen LogP contribution in [0.25, 0.3) is 0 Å². The number of unbranched alkanes of at least 4 members (excludes halogenated alkanes) is 32. The van der Waals surface area contributed by atoms with Gasteiger partial charge < -0.3 is 39.4 Å². The van der Waals surface area contributed by atoms with Gasteiger partial charge in [-0.25, -0.2) is 0 Å². The van der Waals surface area contributed by atoms with Crippen molar-refractivity contribution in [1.82, 2.24) is 20.4 Å². The van der Waals surface area contributed by atoms with Crippen molar-refractivity contribution in [2.45, 2.75) is 421 Å². The molecule has 10 heteroatoms. The van der Waals surface area contributed by atoms with Gasteiger partial charge in [0.05, 0.1) is 45.2 Å². The Balaban J connectivity index is 0.000000486. The first-order valence-electron chi connectivity index (χ1n) is 47.6. The molecule has 1 saturated heterocycles. The van der Waals surface area contributed by atoms with Gasteiger partial charge in [-0.1, -0.05) is 296 Å². The van der Waals surface area contributed by atoms with E-state index in [1.165, 1.54) is 283 Å². The van der Waals surface area contributed by atoms with Gasteiger partial charge >= 0.3 is 0 Å². The number of ether oxygens (including phenoxy) is 4. The molecule has 4 aliphatic carbocycles. The van der Waals surface area contributed by atoms with Gasteiger partial charge in [0, 0.05) is 39.2 Å². The Hall–Kier alpha value is -2.60. The summed E-state index contributed by atoms with van der Waals surface area (Å²) < 4.78 is 25.3. The number of carbonyl (C=O) groups is 2. The van der Waals surface area contributed by atoms with E-state index in [-0.39, 0.29) is 17.9 Å². The molecule has 5 rings (SSSR count). The van der Waals surface area contributed by atoms with E-state index in [1.54, 1.807) is 5.57 Å². The molecule has 10 nitrogen and oxygen atoms in total. The van der Waals surface area contributed by atoms with Crippen molar-refractivity contribution in [3.63, 3.8) is 0 Å². The second kappa shape index (κ2) is 62.7. The Morgan fingerprint density at radius 2 is 1.08 bits per heavy atom. The van der Waals surface area contributed by atoms with Crippen LogP contribution < -0.4 is 10.6 Å². The topological polar surface area (TPSA) is 102 Å². The van der Waals surface area contributed by atoms with Crippen LogP contribution in [0.15, 0.2) is 60.3 Å². The standard InChI is InChI=1S/C58H103NO4.C41H79N3O2/c1-9-10-11-12-13-14-15-16-17-18-19-20-21-22-23-24-38-61-45-51(44-59-37-36-56(5,6)46-59)63-42-40-60-39-41-62-50-32-34-57(7)49(43-50)28-29-52-54-31-30-53(48(4)27-25-26-47(2)3)58(54,8)35-33-55(52)57;1-5-7-9-11-13-15-17-19-21-23-25-27-29-31-33-35-37-42-41(46)39(38-44(3)4)43-40(45)36-34-32-30-28-26-24-22-20-18-16-14-12-10-8-6-2/h13-14,16-17,28,47-48,50-55H,9-12,15,18-27,29-46H2,1-8H3;19-22,39H,5-18,23-38H2,1-4H3,(H,42,46)(H,43,45)/b14-13-,17-16-;21-19-,22-20-/t48-,50+,51?,52+,53+,54+,55+,57+,58-;/m1./s1. The summed E-state index contributed by atoms with van der Waals surface area (Å²) in [6.07, 6.45) is 88.3. The molecule has 2 unspecified atom stereocenters. The Kier molecular flexibility index (Phi) is 56.8. The molecule has 0 bridgehead atoms. The van der Waals surface area contributed by atoms with Crippen LogP contribution in [-0.4, -0.2) is 126 Å². The zero-order chi connectivity index (χ0) is 78.7. The van der Waals surface area contributed by atoms with Gasteiger partial charge in [-0.05, 0) is 233 Å². The van der Waals surface area contributed by atoms with E-state index >= 15 is 0 Å². The average molecular weight is 1520 g/mol. The quantitative estimate of drug-likeness (QED) is 0.0459. The van der Waals surface area contributed by atoms with E-state index in [9.17, 15) is 9.59 Å². The van der Waals surface area contributed by atoms with Gasteiger partial charge in [-0.2, -0.15) is 0 Å². The third-order valence-corrected chi connectivity index (χ3v) is 26.3. The fraction of sp³-hybridized carbons (Fsp3) is 0.879. The molecule has 2 N–H and O–H groups in total. The van der Waals surface area contributed by atoms with Crippen LogP contribution in [0.1, 0.15) is 403 Å². The lowest BCUT2D eigenvalue weighted by molar-refractivity contribution is -0.129. The monoisotopic (exact) mass is 1520 g/mol. The highest BCUT2D eigenvalue weighted by atomic mass is 16.6. The van der Waals surface area contributed by atoms with Crippen molar-refractivity contribution in [3.8, 4) is 0 Å². The van der Waals surface area contributed by atoms with Crippen molar-refractivity contribution in [2.24, 2.45) is 51.8 Å². The molecule has 634 valence electrons. The summed E-state index contributed by atoms with van der Waals surface area (Å²) in [7, 11) is 3.89. The molecule has 10 atom stereocenters. The van der Waals surface area contributed by atoms with Crippen molar-refractivity contribution in [2.75, 3.05) is 86.5 Å². The average Bonchev–Trinajstić information content (AvgIpc) is 1.67. The molecule has 0 spiro atoms. The molecular weight excluding hydrogens is 1340 g/mol. The molecule has 5 aliphatic rings. The summed E-state index contributed by atoms with van der Waals surface area (Å²) in [5, 5.41) is 6.07. The van der Waals surface area contributed by atoms with Crippen molar-refractivity contribution >= 4 is 11.8 Å². The second-order valence-electron chi connectivity index (χ2n) is 37.4. The molecule has 3 saturated carbocycles. The summed E-state index contributed by atoms with van der Waals surface area (Å²) in [6, 6.07) is -0.486. The Labute approximate surface area is 676 Å². The number of nitrogens with zero attached hydrogens (tertiary/aromatic N) is 2. The fourth-order valence-electron chi connectivity index (χ4n) is 19.6. The Morgan fingerprint density at radius 3 is 1.65 bits per heavy atom. The number of amides is 2. The van der Waals surface area contributed by atoms with E-state index < -0.39 is 6.04 Å². The van der Waals surface area contributed by atoms with Crippen LogP contribution in [0, 0.1) is 51.8 Å². The van der Waals surface area contributed by atoms with Crippen molar-refractivity contribution in [1.29, 1.82) is 0 Å². The molecule has 4 fully saturated rings. The third kappa shape index (κ3) is 44.9. The minimum atomic E-state index is -0.486. The molecule has 0 radical (unpaired) electrons. The molecular formula is C99H182N4O6.